The summed E-state index contributed by atoms with van der Waals surface area (Å²) in [6.45, 7) is 2.04. The van der Waals surface area contributed by atoms with Crippen LogP contribution < -0.4 is 5.32 Å². The van der Waals surface area contributed by atoms with E-state index < -0.39 is 0 Å². The number of rotatable bonds is 2. The fourth-order valence-electron chi connectivity index (χ4n) is 2.10. The Balaban J connectivity index is 2.05. The molecule has 0 saturated heterocycles. The van der Waals surface area contributed by atoms with E-state index in [2.05, 4.69) is 32.3 Å². The molecule has 0 amide bonds. The van der Waals surface area contributed by atoms with Gasteiger partial charge in [-0.25, -0.2) is 4.98 Å². The summed E-state index contributed by atoms with van der Waals surface area (Å²) in [5.41, 5.74) is 2.26. The highest BCUT2D eigenvalue weighted by molar-refractivity contribution is 9.10. The molecule has 0 bridgehead atoms. The number of aromatic nitrogens is 1. The Bertz CT molecular complexity index is 425. The van der Waals surface area contributed by atoms with Gasteiger partial charge in [0.15, 0.2) is 0 Å². The predicted octanol–water partition coefficient (Wildman–Crippen LogP) is 3.26. The van der Waals surface area contributed by atoms with Gasteiger partial charge >= 0.3 is 0 Å². The van der Waals surface area contributed by atoms with Crippen LogP contribution in [0, 0.1) is 24.2 Å². The Morgan fingerprint density at radius 2 is 2.38 bits per heavy atom. The normalized spacial score (nSPS) is 24.1. The molecule has 1 fully saturated rings. The molecule has 16 heavy (non-hydrogen) atoms. The van der Waals surface area contributed by atoms with Crippen molar-refractivity contribution < 1.29 is 0 Å². The summed E-state index contributed by atoms with van der Waals surface area (Å²) in [6.07, 6.45) is 4.90. The average Bonchev–Trinajstić information content (AvgIpc) is 2.71. The lowest BCUT2D eigenvalue weighted by atomic mass is 10.1. The highest BCUT2D eigenvalue weighted by Gasteiger charge is 2.24. The second-order valence-electron chi connectivity index (χ2n) is 4.30. The molecule has 1 aromatic heterocycles. The van der Waals surface area contributed by atoms with Gasteiger partial charge in [-0.1, -0.05) is 0 Å². The Kier molecular flexibility index (Phi) is 3.45. The molecule has 1 aliphatic rings. The minimum absolute atomic E-state index is 0.225. The lowest BCUT2D eigenvalue weighted by Gasteiger charge is -2.15. The Morgan fingerprint density at radius 1 is 1.56 bits per heavy atom. The van der Waals surface area contributed by atoms with E-state index in [0.29, 0.717) is 6.04 Å². The van der Waals surface area contributed by atoms with Crippen molar-refractivity contribution >= 4 is 21.6 Å². The first-order valence-electron chi connectivity index (χ1n) is 5.47. The van der Waals surface area contributed by atoms with Crippen molar-refractivity contribution in [3.8, 4) is 6.07 Å². The molecule has 0 aliphatic heterocycles. The lowest BCUT2D eigenvalue weighted by molar-refractivity contribution is 0.683. The first-order chi connectivity index (χ1) is 7.69. The van der Waals surface area contributed by atoms with E-state index in [1.807, 2.05) is 19.2 Å². The second kappa shape index (κ2) is 4.84. The molecule has 1 aliphatic carbocycles. The highest BCUT2D eigenvalue weighted by atomic mass is 79.9. The van der Waals surface area contributed by atoms with Gasteiger partial charge in [0.2, 0.25) is 0 Å². The van der Waals surface area contributed by atoms with Crippen LogP contribution in [0.1, 0.15) is 24.8 Å². The fourth-order valence-corrected chi connectivity index (χ4v) is 2.43. The van der Waals surface area contributed by atoms with Crippen molar-refractivity contribution in [2.75, 3.05) is 5.32 Å². The van der Waals surface area contributed by atoms with Crippen molar-refractivity contribution in [3.05, 3.63) is 22.4 Å². The summed E-state index contributed by atoms with van der Waals surface area (Å²) in [4.78, 5) is 4.17. The third-order valence-electron chi connectivity index (χ3n) is 3.04. The number of nitrogens with one attached hydrogen (secondary N) is 1. The molecule has 0 radical (unpaired) electrons. The van der Waals surface area contributed by atoms with Gasteiger partial charge < -0.3 is 5.32 Å². The number of halogens is 1. The van der Waals surface area contributed by atoms with E-state index in [-0.39, 0.29) is 5.92 Å². The van der Waals surface area contributed by atoms with Gasteiger partial charge in [-0.3, -0.25) is 0 Å². The Hall–Kier alpha value is -1.08. The molecule has 0 spiro atoms. The first kappa shape index (κ1) is 11.4. The van der Waals surface area contributed by atoms with Gasteiger partial charge in [0, 0.05) is 23.8 Å². The summed E-state index contributed by atoms with van der Waals surface area (Å²) in [5.74, 6) is 0.225. The maximum absolute atomic E-state index is 8.85. The number of hydrogen-bond acceptors (Lipinski definition) is 3. The van der Waals surface area contributed by atoms with Crippen molar-refractivity contribution in [3.63, 3.8) is 0 Å². The molecule has 2 unspecified atom stereocenters. The third-order valence-corrected chi connectivity index (χ3v) is 3.48. The van der Waals surface area contributed by atoms with E-state index >= 15 is 0 Å². The van der Waals surface area contributed by atoms with Crippen molar-refractivity contribution in [2.45, 2.75) is 32.2 Å². The minimum Gasteiger partial charge on any atom is -0.382 e. The molecule has 1 saturated carbocycles. The Labute approximate surface area is 104 Å². The van der Waals surface area contributed by atoms with Gasteiger partial charge in [-0.05, 0) is 53.7 Å². The molecule has 2 atom stereocenters. The second-order valence-corrected chi connectivity index (χ2v) is 5.11. The van der Waals surface area contributed by atoms with E-state index in [4.69, 9.17) is 5.26 Å². The maximum atomic E-state index is 8.85. The van der Waals surface area contributed by atoms with Crippen LogP contribution in [0.2, 0.25) is 0 Å². The standard InChI is InChI=1S/C12H14BrN3/c1-8-7-15-12(13)5-11(8)16-10-3-2-9(4-10)6-14/h5,7,9-10H,2-4H2,1H3,(H,15,16). The number of aryl methyl sites for hydroxylation is 1. The number of hydrogen-bond donors (Lipinski definition) is 1. The smallest absolute Gasteiger partial charge is 0.108 e. The van der Waals surface area contributed by atoms with Crippen LogP contribution in [-0.2, 0) is 0 Å². The summed E-state index contributed by atoms with van der Waals surface area (Å²) in [7, 11) is 0. The van der Waals surface area contributed by atoms with E-state index in [1.54, 1.807) is 0 Å². The van der Waals surface area contributed by atoms with Gasteiger partial charge in [0.1, 0.15) is 4.60 Å². The molecule has 0 aromatic carbocycles. The molecular weight excluding hydrogens is 266 g/mol. The van der Waals surface area contributed by atoms with Crippen LogP contribution in [0.25, 0.3) is 0 Å². The van der Waals surface area contributed by atoms with Crippen LogP contribution in [0.4, 0.5) is 5.69 Å². The topological polar surface area (TPSA) is 48.7 Å². The largest absolute Gasteiger partial charge is 0.382 e. The van der Waals surface area contributed by atoms with Gasteiger partial charge in [0.25, 0.3) is 0 Å². The number of anilines is 1. The SMILES string of the molecule is Cc1cnc(Br)cc1NC1CCC(C#N)C1. The monoisotopic (exact) mass is 279 g/mol. The zero-order valence-electron chi connectivity index (χ0n) is 9.20. The van der Waals surface area contributed by atoms with Crippen molar-refractivity contribution in [1.29, 1.82) is 5.26 Å². The summed E-state index contributed by atoms with van der Waals surface area (Å²) < 4.78 is 0.843. The van der Waals surface area contributed by atoms with Gasteiger partial charge in [-0.15, -0.1) is 0 Å². The van der Waals surface area contributed by atoms with Crippen LogP contribution in [-0.4, -0.2) is 11.0 Å². The Morgan fingerprint density at radius 3 is 3.06 bits per heavy atom. The van der Waals surface area contributed by atoms with E-state index in [0.717, 1.165) is 35.1 Å². The number of nitrogens with zero attached hydrogens (tertiary/aromatic N) is 2. The molecule has 4 heteroatoms. The minimum atomic E-state index is 0.225. The van der Waals surface area contributed by atoms with Crippen molar-refractivity contribution in [2.24, 2.45) is 5.92 Å². The highest BCUT2D eigenvalue weighted by Crippen LogP contribution is 2.29. The predicted molar refractivity (Wildman–Crippen MR) is 67.0 cm³/mol. The summed E-state index contributed by atoms with van der Waals surface area (Å²) >= 11 is 3.37. The molecule has 2 rings (SSSR count). The molecular formula is C12H14BrN3. The lowest BCUT2D eigenvalue weighted by Crippen LogP contribution is -2.16. The first-order valence-corrected chi connectivity index (χ1v) is 6.26. The van der Waals surface area contributed by atoms with E-state index in [9.17, 15) is 0 Å². The summed E-state index contributed by atoms with van der Waals surface area (Å²) in [6, 6.07) is 4.77. The molecule has 84 valence electrons. The number of nitriles is 1. The fraction of sp³-hybridized carbons (Fsp3) is 0.500. The summed E-state index contributed by atoms with van der Waals surface area (Å²) in [5, 5.41) is 12.3. The molecule has 3 nitrogen and oxygen atoms in total. The van der Waals surface area contributed by atoms with E-state index in [1.165, 1.54) is 0 Å². The van der Waals surface area contributed by atoms with Crippen molar-refractivity contribution in [1.82, 2.24) is 4.98 Å². The zero-order valence-corrected chi connectivity index (χ0v) is 10.8. The average molecular weight is 280 g/mol. The number of pyridine rings is 1. The quantitative estimate of drug-likeness (QED) is 0.846. The molecule has 1 N–H and O–H groups in total. The van der Waals surface area contributed by atoms with Crippen LogP contribution in [0.5, 0.6) is 0 Å². The molecule has 1 heterocycles. The van der Waals surface area contributed by atoms with Crippen LogP contribution in [0.15, 0.2) is 16.9 Å². The van der Waals surface area contributed by atoms with Crippen LogP contribution in [0.3, 0.4) is 0 Å². The van der Waals surface area contributed by atoms with Gasteiger partial charge in [-0.2, -0.15) is 5.26 Å². The molecule has 1 aromatic rings. The maximum Gasteiger partial charge on any atom is 0.108 e. The zero-order chi connectivity index (χ0) is 11.5. The third kappa shape index (κ3) is 2.53. The van der Waals surface area contributed by atoms with Gasteiger partial charge in [0.05, 0.1) is 6.07 Å². The van der Waals surface area contributed by atoms with Crippen LogP contribution >= 0.6 is 15.9 Å².